The van der Waals surface area contributed by atoms with Gasteiger partial charge >= 0.3 is 5.97 Å². The molecule has 0 spiro atoms. The van der Waals surface area contributed by atoms with Crippen LogP contribution >= 0.6 is 0 Å². The van der Waals surface area contributed by atoms with Crippen molar-refractivity contribution in [2.24, 2.45) is 5.92 Å². The first-order chi connectivity index (χ1) is 7.86. The lowest BCUT2D eigenvalue weighted by Crippen LogP contribution is -2.39. The van der Waals surface area contributed by atoms with Gasteiger partial charge < -0.3 is 10.0 Å². The van der Waals surface area contributed by atoms with E-state index in [2.05, 4.69) is 13.8 Å². The summed E-state index contributed by atoms with van der Waals surface area (Å²) >= 11 is 0. The highest BCUT2D eigenvalue weighted by Crippen LogP contribution is 2.25. The zero-order valence-electron chi connectivity index (χ0n) is 11.0. The molecule has 1 unspecified atom stereocenters. The molecule has 0 radical (unpaired) electrons. The lowest BCUT2D eigenvalue weighted by molar-refractivity contribution is -0.134. The second-order valence-corrected chi connectivity index (χ2v) is 5.01. The summed E-state index contributed by atoms with van der Waals surface area (Å²) < 4.78 is 0. The molecule has 1 heterocycles. The molecule has 1 fully saturated rings. The van der Waals surface area contributed by atoms with Gasteiger partial charge in [-0.2, -0.15) is 0 Å². The molecule has 4 nitrogen and oxygen atoms in total. The van der Waals surface area contributed by atoms with Gasteiger partial charge in [-0.05, 0) is 32.6 Å². The fraction of sp³-hybridized carbons (Fsp3) is 0.692. The van der Waals surface area contributed by atoms with E-state index >= 15 is 0 Å². The number of hydrogen-bond acceptors (Lipinski definition) is 2. The lowest BCUT2D eigenvalue weighted by atomic mass is 10.0. The maximum atomic E-state index is 12.2. The van der Waals surface area contributed by atoms with Crippen molar-refractivity contribution in [3.8, 4) is 0 Å². The highest BCUT2D eigenvalue weighted by molar-refractivity contribution is 6.01. The molecule has 0 aromatic heterocycles. The number of amides is 1. The average molecular weight is 239 g/mol. The summed E-state index contributed by atoms with van der Waals surface area (Å²) in [7, 11) is 0. The topological polar surface area (TPSA) is 57.6 Å². The Kier molecular flexibility index (Phi) is 4.32. The number of carbonyl (C=O) groups is 2. The van der Waals surface area contributed by atoms with Crippen molar-refractivity contribution in [2.45, 2.75) is 46.6 Å². The molecule has 0 aliphatic carbocycles. The molecular formula is C13H21NO3. The van der Waals surface area contributed by atoms with Gasteiger partial charge in [-0.25, -0.2) is 4.79 Å². The molecule has 1 rings (SSSR count). The van der Waals surface area contributed by atoms with E-state index in [1.807, 2.05) is 4.90 Å². The highest BCUT2D eigenvalue weighted by atomic mass is 16.4. The van der Waals surface area contributed by atoms with Crippen molar-refractivity contribution in [1.29, 1.82) is 0 Å². The van der Waals surface area contributed by atoms with Gasteiger partial charge in [-0.15, -0.1) is 0 Å². The Hall–Kier alpha value is -1.32. The third kappa shape index (κ3) is 2.87. The van der Waals surface area contributed by atoms with Gasteiger partial charge in [0.05, 0.1) is 0 Å². The molecule has 1 N–H and O–H groups in total. The second-order valence-electron chi connectivity index (χ2n) is 5.01. The minimum Gasteiger partial charge on any atom is -0.478 e. The van der Waals surface area contributed by atoms with Crippen LogP contribution in [0.3, 0.4) is 0 Å². The van der Waals surface area contributed by atoms with E-state index in [4.69, 9.17) is 5.11 Å². The normalized spacial score (nSPS) is 21.7. The van der Waals surface area contributed by atoms with Crippen LogP contribution in [0, 0.1) is 5.92 Å². The lowest BCUT2D eigenvalue weighted by Gasteiger charge is -2.28. The zero-order chi connectivity index (χ0) is 13.2. The first-order valence-electron chi connectivity index (χ1n) is 6.08. The molecule has 1 amide bonds. The maximum Gasteiger partial charge on any atom is 0.331 e. The Bertz CT molecular complexity index is 358. The van der Waals surface area contributed by atoms with Gasteiger partial charge in [0.15, 0.2) is 0 Å². The zero-order valence-corrected chi connectivity index (χ0v) is 11.0. The van der Waals surface area contributed by atoms with E-state index in [9.17, 15) is 9.59 Å². The van der Waals surface area contributed by atoms with E-state index in [1.54, 1.807) is 6.92 Å². The fourth-order valence-corrected chi connectivity index (χ4v) is 2.27. The number of nitrogens with zero attached hydrogens (tertiary/aromatic N) is 1. The second kappa shape index (κ2) is 5.34. The number of hydrogen-bond donors (Lipinski definition) is 1. The molecule has 4 heteroatoms. The van der Waals surface area contributed by atoms with Crippen molar-refractivity contribution < 1.29 is 14.7 Å². The van der Waals surface area contributed by atoms with Crippen molar-refractivity contribution in [3.63, 3.8) is 0 Å². The molecule has 96 valence electrons. The molecular weight excluding hydrogens is 218 g/mol. The molecule has 17 heavy (non-hydrogen) atoms. The third-order valence-corrected chi connectivity index (χ3v) is 3.53. The van der Waals surface area contributed by atoms with Gasteiger partial charge in [-0.1, -0.05) is 13.8 Å². The van der Waals surface area contributed by atoms with Crippen LogP contribution in [0.5, 0.6) is 0 Å². The Labute approximate surface area is 102 Å². The van der Waals surface area contributed by atoms with Crippen LogP contribution in [0.1, 0.15) is 40.5 Å². The third-order valence-electron chi connectivity index (χ3n) is 3.53. The summed E-state index contributed by atoms with van der Waals surface area (Å²) in [5.41, 5.74) is 0.495. The predicted molar refractivity (Wildman–Crippen MR) is 65.6 cm³/mol. The molecule has 0 bridgehead atoms. The summed E-state index contributed by atoms with van der Waals surface area (Å²) in [6.45, 7) is 8.02. The Morgan fingerprint density at radius 3 is 2.29 bits per heavy atom. The fourth-order valence-electron chi connectivity index (χ4n) is 2.27. The van der Waals surface area contributed by atoms with Crippen LogP contribution in [0.25, 0.3) is 0 Å². The average Bonchev–Trinajstić information content (AvgIpc) is 2.74. The minimum atomic E-state index is -1.02. The minimum absolute atomic E-state index is 0.124. The molecule has 1 saturated heterocycles. The summed E-state index contributed by atoms with van der Waals surface area (Å²) in [5.74, 6) is -0.725. The van der Waals surface area contributed by atoms with Crippen molar-refractivity contribution in [2.75, 3.05) is 6.54 Å². The SMILES string of the molecule is CC(C(=O)O)=C(C)C(=O)N1CCCC1C(C)C. The van der Waals surface area contributed by atoms with Crippen LogP contribution in [-0.4, -0.2) is 34.5 Å². The quantitative estimate of drug-likeness (QED) is 0.767. The van der Waals surface area contributed by atoms with E-state index in [0.717, 1.165) is 19.4 Å². The highest BCUT2D eigenvalue weighted by Gasteiger charge is 2.32. The molecule has 1 atom stereocenters. The number of rotatable bonds is 3. The molecule has 1 aliphatic heterocycles. The van der Waals surface area contributed by atoms with Gasteiger partial charge in [-0.3, -0.25) is 4.79 Å². The summed E-state index contributed by atoms with van der Waals surface area (Å²) in [4.78, 5) is 24.9. The smallest absolute Gasteiger partial charge is 0.331 e. The number of carboxylic acids is 1. The van der Waals surface area contributed by atoms with Gasteiger partial charge in [0.25, 0.3) is 0 Å². The first-order valence-corrected chi connectivity index (χ1v) is 6.08. The Morgan fingerprint density at radius 2 is 1.82 bits per heavy atom. The summed E-state index contributed by atoms with van der Waals surface area (Å²) in [5, 5.41) is 8.89. The Balaban J connectivity index is 2.90. The van der Waals surface area contributed by atoms with Crippen LogP contribution in [0.2, 0.25) is 0 Å². The molecule has 0 aromatic carbocycles. The predicted octanol–water partition coefficient (Wildman–Crippen LogP) is 2.05. The molecule has 1 aliphatic rings. The number of carboxylic acid groups (broad SMARTS) is 1. The maximum absolute atomic E-state index is 12.2. The van der Waals surface area contributed by atoms with Crippen LogP contribution in [-0.2, 0) is 9.59 Å². The van der Waals surface area contributed by atoms with Crippen LogP contribution in [0.15, 0.2) is 11.1 Å². The van der Waals surface area contributed by atoms with E-state index < -0.39 is 5.97 Å². The van der Waals surface area contributed by atoms with Crippen molar-refractivity contribution in [3.05, 3.63) is 11.1 Å². The molecule has 0 aromatic rings. The number of aliphatic carboxylic acids is 1. The van der Waals surface area contributed by atoms with E-state index in [1.165, 1.54) is 6.92 Å². The van der Waals surface area contributed by atoms with Crippen LogP contribution < -0.4 is 0 Å². The van der Waals surface area contributed by atoms with E-state index in [-0.39, 0.29) is 17.5 Å². The number of carbonyl (C=O) groups excluding carboxylic acids is 1. The van der Waals surface area contributed by atoms with E-state index in [0.29, 0.717) is 11.5 Å². The molecule has 0 saturated carbocycles. The van der Waals surface area contributed by atoms with Crippen molar-refractivity contribution in [1.82, 2.24) is 4.90 Å². The summed E-state index contributed by atoms with van der Waals surface area (Å²) in [6, 6.07) is 0.249. The summed E-state index contributed by atoms with van der Waals surface area (Å²) in [6.07, 6.45) is 2.02. The number of likely N-dealkylation sites (tertiary alicyclic amines) is 1. The van der Waals surface area contributed by atoms with Crippen LogP contribution in [0.4, 0.5) is 0 Å². The first kappa shape index (κ1) is 13.7. The monoisotopic (exact) mass is 239 g/mol. The standard InChI is InChI=1S/C13H21NO3/c1-8(2)11-6-5-7-14(11)12(15)9(3)10(4)13(16)17/h8,11H,5-7H2,1-4H3,(H,16,17). The largest absolute Gasteiger partial charge is 0.478 e. The van der Waals surface area contributed by atoms with Gasteiger partial charge in [0.1, 0.15) is 0 Å². The van der Waals surface area contributed by atoms with Gasteiger partial charge in [0.2, 0.25) is 5.91 Å². The Morgan fingerprint density at radius 1 is 1.24 bits per heavy atom. The van der Waals surface area contributed by atoms with Crippen molar-refractivity contribution >= 4 is 11.9 Å². The van der Waals surface area contributed by atoms with Gasteiger partial charge in [0, 0.05) is 23.7 Å².